The molecule has 0 aliphatic heterocycles. The van der Waals surface area contributed by atoms with Crippen LogP contribution in [0.5, 0.6) is 5.75 Å². The second-order valence-corrected chi connectivity index (χ2v) is 5.13. The highest BCUT2D eigenvalue weighted by molar-refractivity contribution is 5.99. The lowest BCUT2D eigenvalue weighted by atomic mass is 10.2. The summed E-state index contributed by atoms with van der Waals surface area (Å²) in [5.74, 6) is -1.05. The third-order valence-electron chi connectivity index (χ3n) is 3.30. The Kier molecular flexibility index (Phi) is 9.45. The molecule has 9 heteroatoms. The van der Waals surface area contributed by atoms with Crippen molar-refractivity contribution in [3.05, 3.63) is 28.7 Å². The molecule has 1 heterocycles. The first-order valence-corrected chi connectivity index (χ1v) is 7.84. The Morgan fingerprint density at radius 2 is 1.88 bits per heavy atom. The van der Waals surface area contributed by atoms with Crippen LogP contribution < -0.4 is 10.1 Å². The summed E-state index contributed by atoms with van der Waals surface area (Å²) >= 11 is 0. The van der Waals surface area contributed by atoms with Gasteiger partial charge in [0.15, 0.2) is 0 Å². The number of carbonyl (C=O) groups is 2. The lowest BCUT2D eigenvalue weighted by Gasteiger charge is -2.28. The Morgan fingerprint density at radius 3 is 2.52 bits per heavy atom. The number of amides is 2. The number of aromatic nitrogens is 1. The first-order valence-electron chi connectivity index (χ1n) is 7.84. The number of rotatable bonds is 11. The molecular weight excluding hydrogens is 330 g/mol. The molecule has 0 spiro atoms. The maximum absolute atomic E-state index is 12.2. The minimum absolute atomic E-state index is 0.00242. The molecule has 0 unspecified atom stereocenters. The van der Waals surface area contributed by atoms with Gasteiger partial charge in [-0.2, -0.15) is 0 Å². The molecule has 0 bridgehead atoms. The van der Waals surface area contributed by atoms with Gasteiger partial charge >= 0.3 is 0 Å². The minimum Gasteiger partial charge on any atom is -0.756 e. The molecule has 0 fully saturated rings. The van der Waals surface area contributed by atoms with Crippen LogP contribution in [0.1, 0.15) is 33.7 Å². The summed E-state index contributed by atoms with van der Waals surface area (Å²) < 4.78 is 14.9. The number of ether oxygens (including phenoxy) is 3. The highest BCUT2D eigenvalue weighted by atomic mass is 16.5. The molecule has 1 rings (SSSR count). The van der Waals surface area contributed by atoms with E-state index in [0.717, 1.165) is 0 Å². The average molecular weight is 354 g/mol. The van der Waals surface area contributed by atoms with Crippen LogP contribution in [0.3, 0.4) is 0 Å². The molecule has 25 heavy (non-hydrogen) atoms. The van der Waals surface area contributed by atoms with Crippen molar-refractivity contribution >= 4 is 11.8 Å². The van der Waals surface area contributed by atoms with E-state index in [2.05, 4.69) is 10.3 Å². The van der Waals surface area contributed by atoms with Crippen molar-refractivity contribution in [3.63, 3.8) is 0 Å². The zero-order valence-corrected chi connectivity index (χ0v) is 14.7. The number of nitrogens with one attached hydrogen (secondary N) is 1. The summed E-state index contributed by atoms with van der Waals surface area (Å²) in [5, 5.41) is 14.9. The molecule has 0 saturated heterocycles. The third-order valence-corrected chi connectivity index (χ3v) is 3.30. The van der Waals surface area contributed by atoms with Crippen molar-refractivity contribution in [2.45, 2.75) is 12.8 Å². The highest BCUT2D eigenvalue weighted by Gasteiger charge is 2.17. The van der Waals surface area contributed by atoms with Gasteiger partial charge in [0.05, 0.1) is 12.7 Å². The summed E-state index contributed by atoms with van der Waals surface area (Å²) in [6, 6.07) is 1.34. The third kappa shape index (κ3) is 6.65. The summed E-state index contributed by atoms with van der Waals surface area (Å²) in [6.07, 6.45) is 2.26. The predicted octanol–water partition coefficient (Wildman–Crippen LogP) is 0.833. The highest BCUT2D eigenvalue weighted by Crippen LogP contribution is 2.20. The molecule has 0 radical (unpaired) electrons. The Labute approximate surface area is 146 Å². The van der Waals surface area contributed by atoms with E-state index in [9.17, 15) is 14.8 Å². The van der Waals surface area contributed by atoms with Crippen LogP contribution in [0.4, 0.5) is 0 Å². The predicted molar refractivity (Wildman–Crippen MR) is 90.5 cm³/mol. The maximum Gasteiger partial charge on any atom is 0.270 e. The number of hydrogen-bond acceptors (Lipinski definition) is 7. The molecule has 1 N–H and O–H groups in total. The molecule has 0 aliphatic rings. The standard InChI is InChI=1S/C16H24N3O6/c1-23-8-4-6-17-15(20)13-10-14(25-3)12(11-18-13)16(21)19(22)7-5-9-24-2/h10-11H,4-9H2,1-3H3,(H,17,20)/q-1. The summed E-state index contributed by atoms with van der Waals surface area (Å²) in [5.41, 5.74) is 0.105. The van der Waals surface area contributed by atoms with Crippen LogP contribution in [0, 0.1) is 5.21 Å². The van der Waals surface area contributed by atoms with E-state index in [0.29, 0.717) is 37.7 Å². The Balaban J connectivity index is 2.76. The Morgan fingerprint density at radius 1 is 1.20 bits per heavy atom. The molecule has 1 aromatic rings. The topological polar surface area (TPSA) is 113 Å². The SMILES string of the molecule is COCCCNC(=O)c1cc(OC)c(C(=O)N([O-])CCCOC)cn1. The van der Waals surface area contributed by atoms with Gasteiger partial charge in [-0.1, -0.05) is 0 Å². The average Bonchev–Trinajstić information content (AvgIpc) is 2.64. The van der Waals surface area contributed by atoms with Crippen LogP contribution in [0.2, 0.25) is 0 Å². The fourth-order valence-electron chi connectivity index (χ4n) is 1.99. The van der Waals surface area contributed by atoms with Gasteiger partial charge in [-0.3, -0.25) is 9.59 Å². The number of methoxy groups -OCH3 is 3. The molecular formula is C16H24N3O6-. The summed E-state index contributed by atoms with van der Waals surface area (Å²) in [7, 11) is 4.45. The molecule has 2 amide bonds. The molecule has 140 valence electrons. The van der Waals surface area contributed by atoms with Crippen LogP contribution in [0.25, 0.3) is 0 Å². The number of carbonyl (C=O) groups excluding carboxylic acids is 2. The van der Waals surface area contributed by atoms with E-state index in [1.165, 1.54) is 26.5 Å². The monoisotopic (exact) mass is 354 g/mol. The number of pyridine rings is 1. The van der Waals surface area contributed by atoms with Gasteiger partial charge in [0, 0.05) is 52.8 Å². The number of hydroxylamine groups is 2. The van der Waals surface area contributed by atoms with E-state index in [1.807, 2.05) is 0 Å². The van der Waals surface area contributed by atoms with Gasteiger partial charge < -0.3 is 29.8 Å². The fraction of sp³-hybridized carbons (Fsp3) is 0.562. The van der Waals surface area contributed by atoms with Crippen LogP contribution in [0.15, 0.2) is 12.3 Å². The van der Waals surface area contributed by atoms with Crippen molar-refractivity contribution < 1.29 is 23.8 Å². The van der Waals surface area contributed by atoms with Crippen molar-refractivity contribution in [2.24, 2.45) is 0 Å². The van der Waals surface area contributed by atoms with Gasteiger partial charge in [-0.25, -0.2) is 4.98 Å². The van der Waals surface area contributed by atoms with Crippen molar-refractivity contribution in [3.8, 4) is 5.75 Å². The molecule has 0 aromatic carbocycles. The molecule has 0 aliphatic carbocycles. The molecule has 9 nitrogen and oxygen atoms in total. The van der Waals surface area contributed by atoms with E-state index in [-0.39, 0.29) is 23.6 Å². The summed E-state index contributed by atoms with van der Waals surface area (Å²) in [6.45, 7) is 1.35. The zero-order chi connectivity index (χ0) is 18.7. The lowest BCUT2D eigenvalue weighted by molar-refractivity contribution is 0.0803. The van der Waals surface area contributed by atoms with Crippen molar-refractivity contribution in [1.29, 1.82) is 0 Å². The smallest absolute Gasteiger partial charge is 0.270 e. The van der Waals surface area contributed by atoms with E-state index in [1.54, 1.807) is 7.11 Å². The Hall–Kier alpha value is -2.23. The first kappa shape index (κ1) is 20.8. The minimum atomic E-state index is -0.771. The van der Waals surface area contributed by atoms with Crippen LogP contribution in [-0.2, 0) is 9.47 Å². The second-order valence-electron chi connectivity index (χ2n) is 5.13. The molecule has 0 saturated carbocycles. The van der Waals surface area contributed by atoms with Crippen molar-refractivity contribution in [2.75, 3.05) is 47.6 Å². The van der Waals surface area contributed by atoms with Gasteiger partial charge in [-0.05, 0) is 12.8 Å². The normalized spacial score (nSPS) is 10.4. The molecule has 1 aromatic heterocycles. The summed E-state index contributed by atoms with van der Waals surface area (Å²) in [4.78, 5) is 28.2. The maximum atomic E-state index is 12.2. The van der Waals surface area contributed by atoms with Gasteiger partial charge in [-0.15, -0.1) is 0 Å². The van der Waals surface area contributed by atoms with Crippen LogP contribution >= 0.6 is 0 Å². The quantitative estimate of drug-likeness (QED) is 0.462. The first-order chi connectivity index (χ1) is 12.0. The van der Waals surface area contributed by atoms with Gasteiger partial charge in [0.2, 0.25) is 5.91 Å². The fourth-order valence-corrected chi connectivity index (χ4v) is 1.99. The zero-order valence-electron chi connectivity index (χ0n) is 14.7. The van der Waals surface area contributed by atoms with Crippen LogP contribution in [-0.4, -0.2) is 69.5 Å². The van der Waals surface area contributed by atoms with E-state index < -0.39 is 11.8 Å². The van der Waals surface area contributed by atoms with E-state index >= 15 is 0 Å². The lowest BCUT2D eigenvalue weighted by Crippen LogP contribution is -2.28. The molecule has 0 atom stereocenters. The van der Waals surface area contributed by atoms with Crippen molar-refractivity contribution in [1.82, 2.24) is 15.4 Å². The van der Waals surface area contributed by atoms with Gasteiger partial charge in [0.25, 0.3) is 5.91 Å². The van der Waals surface area contributed by atoms with Gasteiger partial charge in [0.1, 0.15) is 11.4 Å². The van der Waals surface area contributed by atoms with E-state index in [4.69, 9.17) is 14.2 Å². The largest absolute Gasteiger partial charge is 0.756 e. The second kappa shape index (κ2) is 11.3. The number of hydrogen-bond donors (Lipinski definition) is 1. The Bertz CT molecular complexity index is 567. The number of nitrogens with zero attached hydrogens (tertiary/aromatic N) is 2.